The van der Waals surface area contributed by atoms with Crippen LogP contribution in [0.5, 0.6) is 0 Å². The molecule has 1 rings (SSSR count). The molecule has 0 aromatic rings. The number of carbonyl (C=O) groups is 2. The predicted octanol–water partition coefficient (Wildman–Crippen LogP) is -0.396. The smallest absolute Gasteiger partial charge is 0.335 e. The summed E-state index contributed by atoms with van der Waals surface area (Å²) in [6, 6.07) is 0. The van der Waals surface area contributed by atoms with Crippen molar-refractivity contribution in [3.05, 3.63) is 12.2 Å². The van der Waals surface area contributed by atoms with Crippen molar-refractivity contribution in [2.45, 2.75) is 12.5 Å². The Kier molecular flexibility index (Phi) is 1.68. The van der Waals surface area contributed by atoms with Crippen molar-refractivity contribution in [2.24, 2.45) is 0 Å². The van der Waals surface area contributed by atoms with Gasteiger partial charge in [-0.3, -0.25) is 4.79 Å². The molecule has 1 aliphatic rings. The standard InChI is InChI=1S/C7H9NO3/c1-7(6(10)11-2)4-3-5(9)8-7/h3-4H,1-2H3,(H,8,9). The number of ether oxygens (including phenoxy) is 1. The van der Waals surface area contributed by atoms with Gasteiger partial charge in [0.15, 0.2) is 5.54 Å². The van der Waals surface area contributed by atoms with Crippen LogP contribution in [0.1, 0.15) is 6.92 Å². The molecule has 0 bridgehead atoms. The zero-order valence-corrected chi connectivity index (χ0v) is 6.38. The Morgan fingerprint density at radius 3 is 2.73 bits per heavy atom. The highest BCUT2D eigenvalue weighted by molar-refractivity contribution is 5.99. The van der Waals surface area contributed by atoms with Crippen molar-refractivity contribution >= 4 is 11.9 Å². The van der Waals surface area contributed by atoms with Gasteiger partial charge in [-0.15, -0.1) is 0 Å². The van der Waals surface area contributed by atoms with Crippen LogP contribution in [-0.4, -0.2) is 24.5 Å². The molecule has 4 heteroatoms. The van der Waals surface area contributed by atoms with Crippen LogP contribution < -0.4 is 5.32 Å². The fourth-order valence-corrected chi connectivity index (χ4v) is 0.913. The van der Waals surface area contributed by atoms with Gasteiger partial charge in [0.1, 0.15) is 0 Å². The zero-order chi connectivity index (χ0) is 8.48. The molecule has 4 nitrogen and oxygen atoms in total. The fraction of sp³-hybridized carbons (Fsp3) is 0.429. The summed E-state index contributed by atoms with van der Waals surface area (Å²) in [5, 5.41) is 2.46. The molecule has 0 fully saturated rings. The van der Waals surface area contributed by atoms with Gasteiger partial charge in [0, 0.05) is 6.08 Å². The first-order valence-corrected chi connectivity index (χ1v) is 3.18. The molecule has 0 aliphatic carbocycles. The van der Waals surface area contributed by atoms with Crippen molar-refractivity contribution in [2.75, 3.05) is 7.11 Å². The molecular formula is C7H9NO3. The maximum Gasteiger partial charge on any atom is 0.335 e. The summed E-state index contributed by atoms with van der Waals surface area (Å²) in [5.41, 5.74) is -0.966. The van der Waals surface area contributed by atoms with Crippen molar-refractivity contribution in [3.8, 4) is 0 Å². The highest BCUT2D eigenvalue weighted by atomic mass is 16.5. The second-order valence-electron chi connectivity index (χ2n) is 2.52. The Bertz CT molecular complexity index is 234. The van der Waals surface area contributed by atoms with Crippen LogP contribution in [0, 0.1) is 0 Å². The summed E-state index contributed by atoms with van der Waals surface area (Å²) in [6.45, 7) is 1.58. The summed E-state index contributed by atoms with van der Waals surface area (Å²) >= 11 is 0. The van der Waals surface area contributed by atoms with Gasteiger partial charge in [0.05, 0.1) is 7.11 Å². The molecule has 11 heavy (non-hydrogen) atoms. The number of nitrogens with one attached hydrogen (secondary N) is 1. The van der Waals surface area contributed by atoms with Crippen LogP contribution >= 0.6 is 0 Å². The van der Waals surface area contributed by atoms with E-state index < -0.39 is 11.5 Å². The quantitative estimate of drug-likeness (QED) is 0.524. The number of esters is 1. The fourth-order valence-electron chi connectivity index (χ4n) is 0.913. The summed E-state index contributed by atoms with van der Waals surface area (Å²) < 4.78 is 4.48. The zero-order valence-electron chi connectivity index (χ0n) is 6.38. The van der Waals surface area contributed by atoms with Crippen molar-refractivity contribution in [1.29, 1.82) is 0 Å². The largest absolute Gasteiger partial charge is 0.467 e. The first-order valence-electron chi connectivity index (χ1n) is 3.18. The molecule has 1 amide bonds. The molecule has 1 aliphatic heterocycles. The first kappa shape index (κ1) is 7.78. The maximum atomic E-state index is 11.0. The van der Waals surface area contributed by atoms with E-state index in [9.17, 15) is 9.59 Å². The van der Waals surface area contributed by atoms with Crippen LogP contribution in [0.2, 0.25) is 0 Å². The normalized spacial score (nSPS) is 28.4. The third-order valence-corrected chi connectivity index (χ3v) is 1.56. The average Bonchev–Trinajstić information content (AvgIpc) is 2.31. The lowest BCUT2D eigenvalue weighted by atomic mass is 10.1. The summed E-state index contributed by atoms with van der Waals surface area (Å²) in [6.07, 6.45) is 2.80. The Hall–Kier alpha value is -1.32. The van der Waals surface area contributed by atoms with Gasteiger partial charge in [0.2, 0.25) is 5.91 Å². The van der Waals surface area contributed by atoms with E-state index in [1.807, 2.05) is 0 Å². The molecule has 0 saturated carbocycles. The molecule has 0 radical (unpaired) electrons. The van der Waals surface area contributed by atoms with Crippen LogP contribution in [0.3, 0.4) is 0 Å². The van der Waals surface area contributed by atoms with E-state index in [0.29, 0.717) is 0 Å². The van der Waals surface area contributed by atoms with Crippen LogP contribution in [0.25, 0.3) is 0 Å². The Balaban J connectivity index is 2.78. The van der Waals surface area contributed by atoms with E-state index >= 15 is 0 Å². The molecular weight excluding hydrogens is 146 g/mol. The van der Waals surface area contributed by atoms with E-state index in [2.05, 4.69) is 10.1 Å². The Labute approximate surface area is 64.2 Å². The van der Waals surface area contributed by atoms with Gasteiger partial charge in [0.25, 0.3) is 0 Å². The molecule has 1 N–H and O–H groups in total. The molecule has 1 unspecified atom stereocenters. The lowest BCUT2D eigenvalue weighted by Gasteiger charge is -2.18. The lowest BCUT2D eigenvalue weighted by Crippen LogP contribution is -2.46. The maximum absolute atomic E-state index is 11.0. The minimum absolute atomic E-state index is 0.266. The minimum atomic E-state index is -0.966. The third kappa shape index (κ3) is 1.24. The molecule has 0 aromatic carbocycles. The van der Waals surface area contributed by atoms with E-state index in [4.69, 9.17) is 0 Å². The van der Waals surface area contributed by atoms with Crippen molar-refractivity contribution < 1.29 is 14.3 Å². The third-order valence-electron chi connectivity index (χ3n) is 1.56. The number of carbonyl (C=O) groups excluding carboxylic acids is 2. The Morgan fingerprint density at radius 2 is 2.36 bits per heavy atom. The Morgan fingerprint density at radius 1 is 1.73 bits per heavy atom. The number of rotatable bonds is 1. The molecule has 1 atom stereocenters. The van der Waals surface area contributed by atoms with Crippen molar-refractivity contribution in [3.63, 3.8) is 0 Å². The van der Waals surface area contributed by atoms with Gasteiger partial charge in [-0.1, -0.05) is 0 Å². The topological polar surface area (TPSA) is 55.4 Å². The molecule has 0 saturated heterocycles. The lowest BCUT2D eigenvalue weighted by molar-refractivity contribution is -0.146. The second-order valence-corrected chi connectivity index (χ2v) is 2.52. The van der Waals surface area contributed by atoms with E-state index in [0.717, 1.165) is 0 Å². The molecule has 60 valence electrons. The monoisotopic (exact) mass is 155 g/mol. The SMILES string of the molecule is COC(=O)C1(C)C=CC(=O)N1. The van der Waals surface area contributed by atoms with Crippen LogP contribution in [0.4, 0.5) is 0 Å². The van der Waals surface area contributed by atoms with Gasteiger partial charge in [-0.05, 0) is 13.0 Å². The van der Waals surface area contributed by atoms with Crippen LogP contribution in [0.15, 0.2) is 12.2 Å². The number of amides is 1. The minimum Gasteiger partial charge on any atom is -0.467 e. The van der Waals surface area contributed by atoms with Gasteiger partial charge >= 0.3 is 5.97 Å². The number of methoxy groups -OCH3 is 1. The summed E-state index contributed by atoms with van der Waals surface area (Å²) in [5.74, 6) is -0.725. The highest BCUT2D eigenvalue weighted by Crippen LogP contribution is 2.12. The molecule has 0 aromatic heterocycles. The van der Waals surface area contributed by atoms with E-state index in [-0.39, 0.29) is 5.91 Å². The van der Waals surface area contributed by atoms with Gasteiger partial charge in [-0.2, -0.15) is 0 Å². The van der Waals surface area contributed by atoms with Gasteiger partial charge in [-0.25, -0.2) is 4.79 Å². The number of hydrogen-bond acceptors (Lipinski definition) is 3. The van der Waals surface area contributed by atoms with Crippen LogP contribution in [-0.2, 0) is 14.3 Å². The predicted molar refractivity (Wildman–Crippen MR) is 37.7 cm³/mol. The number of hydrogen-bond donors (Lipinski definition) is 1. The van der Waals surface area contributed by atoms with Crippen molar-refractivity contribution in [1.82, 2.24) is 5.32 Å². The van der Waals surface area contributed by atoms with E-state index in [1.54, 1.807) is 6.92 Å². The molecule has 0 spiro atoms. The average molecular weight is 155 g/mol. The van der Waals surface area contributed by atoms with E-state index in [1.165, 1.54) is 19.3 Å². The first-order chi connectivity index (χ1) is 5.08. The summed E-state index contributed by atoms with van der Waals surface area (Å²) in [4.78, 5) is 21.7. The highest BCUT2D eigenvalue weighted by Gasteiger charge is 2.36. The summed E-state index contributed by atoms with van der Waals surface area (Å²) in [7, 11) is 1.28. The molecule has 1 heterocycles. The van der Waals surface area contributed by atoms with Gasteiger partial charge < -0.3 is 10.1 Å². The second kappa shape index (κ2) is 2.38.